The van der Waals surface area contributed by atoms with Gasteiger partial charge in [-0.05, 0) is 19.4 Å². The number of phosphoric ester groups is 1. The summed E-state index contributed by atoms with van der Waals surface area (Å²) in [6.07, 6.45) is -0.615. The van der Waals surface area contributed by atoms with Gasteiger partial charge in [-0.15, -0.1) is 0 Å². The summed E-state index contributed by atoms with van der Waals surface area (Å²) < 4.78 is 28.8. The van der Waals surface area contributed by atoms with Gasteiger partial charge in [0.1, 0.15) is 18.3 Å². The fourth-order valence-corrected chi connectivity index (χ4v) is 4.70. The molecule has 0 saturated carbocycles. The highest BCUT2D eigenvalue weighted by Gasteiger charge is 2.53. The summed E-state index contributed by atoms with van der Waals surface area (Å²) >= 11 is 0. The minimum absolute atomic E-state index is 0.00972. The smallest absolute Gasteiger partial charge is 0.386 e. The molecule has 2 aromatic rings. The maximum absolute atomic E-state index is 12.3. The van der Waals surface area contributed by atoms with Crippen molar-refractivity contribution in [2.45, 2.75) is 50.2 Å². The second-order valence-corrected chi connectivity index (χ2v) is 8.85. The van der Waals surface area contributed by atoms with Gasteiger partial charge in [0.25, 0.3) is 5.56 Å². The number of nitrogens with two attached hydrogens (primary N) is 2. The number of imidazole rings is 1. The lowest BCUT2D eigenvalue weighted by Crippen LogP contribution is -2.39. The van der Waals surface area contributed by atoms with E-state index in [-0.39, 0.29) is 29.7 Å². The molecule has 0 aliphatic carbocycles. The SMILES string of the molecule is NCCCCCCNc1nc2c(=O)[nH]c(N)nc2n1[C@@H]1O[C@@H]2COP(=O)(O)O[C@H]2[C@H]1O. The molecule has 5 atom stereocenters. The van der Waals surface area contributed by atoms with Crippen LogP contribution in [0.25, 0.3) is 11.2 Å². The number of aromatic nitrogens is 4. The number of ether oxygens (including phenoxy) is 1. The molecule has 2 fully saturated rings. The maximum atomic E-state index is 12.3. The Morgan fingerprint density at radius 2 is 2.06 bits per heavy atom. The van der Waals surface area contributed by atoms with Crippen LogP contribution in [0.4, 0.5) is 11.9 Å². The fraction of sp³-hybridized carbons (Fsp3) is 0.688. The molecule has 31 heavy (non-hydrogen) atoms. The van der Waals surface area contributed by atoms with Crippen LogP contribution in [0.5, 0.6) is 0 Å². The minimum Gasteiger partial charge on any atom is -0.386 e. The molecule has 172 valence electrons. The third kappa shape index (κ3) is 4.46. The number of H-pyrrole nitrogens is 1. The number of rotatable bonds is 8. The van der Waals surface area contributed by atoms with E-state index < -0.39 is 37.9 Å². The molecule has 4 heterocycles. The highest BCUT2D eigenvalue weighted by atomic mass is 31.2. The molecule has 0 bridgehead atoms. The molecule has 2 aliphatic heterocycles. The van der Waals surface area contributed by atoms with Crippen molar-refractivity contribution in [3.8, 4) is 0 Å². The Morgan fingerprint density at radius 3 is 2.84 bits per heavy atom. The average molecular weight is 459 g/mol. The largest absolute Gasteiger partial charge is 0.472 e. The predicted octanol–water partition coefficient (Wildman–Crippen LogP) is -0.593. The van der Waals surface area contributed by atoms with Gasteiger partial charge in [-0.3, -0.25) is 23.4 Å². The van der Waals surface area contributed by atoms with Crippen molar-refractivity contribution in [1.82, 2.24) is 19.5 Å². The monoisotopic (exact) mass is 459 g/mol. The zero-order valence-corrected chi connectivity index (χ0v) is 17.5. The van der Waals surface area contributed by atoms with Crippen LogP contribution in [0.2, 0.25) is 0 Å². The number of aliphatic hydroxyl groups excluding tert-OH is 1. The molecule has 0 aromatic carbocycles. The third-order valence-electron chi connectivity index (χ3n) is 5.20. The van der Waals surface area contributed by atoms with E-state index in [1.807, 2.05) is 0 Å². The van der Waals surface area contributed by atoms with Crippen molar-refractivity contribution >= 4 is 30.9 Å². The molecule has 1 unspecified atom stereocenters. The van der Waals surface area contributed by atoms with Gasteiger partial charge in [-0.1, -0.05) is 12.8 Å². The number of nitrogens with one attached hydrogen (secondary N) is 2. The number of aliphatic hydroxyl groups is 1. The first kappa shape index (κ1) is 22.1. The second kappa shape index (κ2) is 8.82. The van der Waals surface area contributed by atoms with E-state index in [0.29, 0.717) is 13.1 Å². The van der Waals surface area contributed by atoms with Gasteiger partial charge in [-0.25, -0.2) is 9.55 Å². The minimum atomic E-state index is -4.28. The highest BCUT2D eigenvalue weighted by molar-refractivity contribution is 7.47. The van der Waals surface area contributed by atoms with E-state index in [0.717, 1.165) is 25.7 Å². The first-order valence-electron chi connectivity index (χ1n) is 10.0. The number of fused-ring (bicyclic) bond motifs is 2. The van der Waals surface area contributed by atoms with Gasteiger partial charge in [0.2, 0.25) is 11.9 Å². The van der Waals surface area contributed by atoms with Crippen LogP contribution in [0, 0.1) is 0 Å². The maximum Gasteiger partial charge on any atom is 0.472 e. The standard InChI is InChI=1S/C16H26N7O7P/c17-5-3-1-2-4-6-19-16-20-9-12(21-15(18)22-13(9)25)23(16)14-10(24)11-8(29-14)7-28-31(26,27)30-11/h8,10-11,14,24H,1-7,17H2,(H,19,20)(H,26,27)(H3,18,21,22,25)/t8-,10-,11-,14-/m1/s1. The Balaban J connectivity index is 1.64. The number of phosphoric acid groups is 1. The van der Waals surface area contributed by atoms with E-state index >= 15 is 0 Å². The van der Waals surface area contributed by atoms with Crippen molar-refractivity contribution in [3.63, 3.8) is 0 Å². The van der Waals surface area contributed by atoms with Crippen molar-refractivity contribution in [1.29, 1.82) is 0 Å². The Bertz CT molecular complexity index is 1040. The van der Waals surface area contributed by atoms with Gasteiger partial charge in [0.15, 0.2) is 17.4 Å². The first-order valence-corrected chi connectivity index (χ1v) is 11.5. The molecular formula is C16H26N7O7P. The Labute approximate surface area is 176 Å². The lowest BCUT2D eigenvalue weighted by molar-refractivity contribution is -0.0659. The van der Waals surface area contributed by atoms with Crippen molar-refractivity contribution < 1.29 is 28.3 Å². The molecule has 8 N–H and O–H groups in total. The van der Waals surface area contributed by atoms with Crippen LogP contribution in [-0.2, 0) is 18.3 Å². The second-order valence-electron chi connectivity index (χ2n) is 7.45. The average Bonchev–Trinajstić information content (AvgIpc) is 3.21. The summed E-state index contributed by atoms with van der Waals surface area (Å²) in [5.41, 5.74) is 10.8. The molecule has 14 nitrogen and oxygen atoms in total. The van der Waals surface area contributed by atoms with Crippen LogP contribution in [0.3, 0.4) is 0 Å². The van der Waals surface area contributed by atoms with Gasteiger partial charge < -0.3 is 31.5 Å². The van der Waals surface area contributed by atoms with E-state index in [1.165, 1.54) is 4.57 Å². The fourth-order valence-electron chi connectivity index (χ4n) is 3.74. The number of nitrogen functional groups attached to an aromatic ring is 1. The van der Waals surface area contributed by atoms with E-state index in [9.17, 15) is 19.4 Å². The highest BCUT2D eigenvalue weighted by Crippen LogP contribution is 2.52. The van der Waals surface area contributed by atoms with Crippen LogP contribution >= 0.6 is 7.82 Å². The molecule has 2 aromatic heterocycles. The third-order valence-corrected chi connectivity index (χ3v) is 6.19. The van der Waals surface area contributed by atoms with Gasteiger partial charge in [-0.2, -0.15) is 4.98 Å². The molecule has 2 aliphatic rings. The summed E-state index contributed by atoms with van der Waals surface area (Å²) in [5.74, 6) is 0.115. The van der Waals surface area contributed by atoms with Gasteiger partial charge in [0.05, 0.1) is 6.61 Å². The zero-order chi connectivity index (χ0) is 22.2. The number of hydrogen-bond donors (Lipinski definition) is 6. The lowest BCUT2D eigenvalue weighted by atomic mass is 10.1. The topological polar surface area (TPSA) is 213 Å². The molecule has 0 radical (unpaired) electrons. The van der Waals surface area contributed by atoms with E-state index in [4.69, 9.17) is 25.3 Å². The van der Waals surface area contributed by atoms with E-state index in [1.54, 1.807) is 0 Å². The summed E-state index contributed by atoms with van der Waals surface area (Å²) in [6.45, 7) is 0.950. The van der Waals surface area contributed by atoms with Gasteiger partial charge >= 0.3 is 7.82 Å². The normalized spacial score (nSPS) is 30.5. The lowest BCUT2D eigenvalue weighted by Gasteiger charge is -2.27. The molecule has 0 amide bonds. The van der Waals surface area contributed by atoms with E-state index in [2.05, 4.69) is 20.3 Å². The van der Waals surface area contributed by atoms with Crippen LogP contribution in [0.15, 0.2) is 4.79 Å². The number of nitrogens with zero attached hydrogens (tertiary/aromatic N) is 3. The van der Waals surface area contributed by atoms with Crippen LogP contribution < -0.4 is 22.3 Å². The predicted molar refractivity (Wildman–Crippen MR) is 109 cm³/mol. The first-order chi connectivity index (χ1) is 14.8. The number of aromatic amines is 1. The zero-order valence-electron chi connectivity index (χ0n) is 16.6. The van der Waals surface area contributed by atoms with Crippen molar-refractivity contribution in [2.75, 3.05) is 30.7 Å². The number of anilines is 2. The Hall–Kier alpha value is -2.06. The quantitative estimate of drug-likeness (QED) is 0.216. The molecule has 15 heteroatoms. The number of unbranched alkanes of at least 4 members (excludes halogenated alkanes) is 3. The number of hydrogen-bond acceptors (Lipinski definition) is 11. The molecule has 0 spiro atoms. The summed E-state index contributed by atoms with van der Waals surface area (Å²) in [7, 11) is -4.28. The van der Waals surface area contributed by atoms with Crippen molar-refractivity contribution in [2.24, 2.45) is 5.73 Å². The Kier molecular flexibility index (Phi) is 6.30. The molecule has 4 rings (SSSR count). The Morgan fingerprint density at radius 1 is 1.29 bits per heavy atom. The summed E-state index contributed by atoms with van der Waals surface area (Å²) in [6, 6.07) is 0. The molecular weight excluding hydrogens is 433 g/mol. The molecule has 2 saturated heterocycles. The van der Waals surface area contributed by atoms with Crippen LogP contribution in [-0.4, -0.2) is 67.5 Å². The van der Waals surface area contributed by atoms with Gasteiger partial charge in [0, 0.05) is 6.54 Å². The van der Waals surface area contributed by atoms with Crippen LogP contribution in [0.1, 0.15) is 31.9 Å². The summed E-state index contributed by atoms with van der Waals surface area (Å²) in [5, 5.41) is 13.9. The van der Waals surface area contributed by atoms with Crippen molar-refractivity contribution in [3.05, 3.63) is 10.4 Å². The summed E-state index contributed by atoms with van der Waals surface area (Å²) in [4.78, 5) is 32.8.